The van der Waals surface area contributed by atoms with Crippen molar-refractivity contribution in [1.82, 2.24) is 0 Å². The number of carbonyl (C=O) groups is 2. The summed E-state index contributed by atoms with van der Waals surface area (Å²) in [6, 6.07) is -0.637. The number of hydrogen-bond acceptors (Lipinski definition) is 5. The lowest BCUT2D eigenvalue weighted by atomic mass is 10.1. The highest BCUT2D eigenvalue weighted by Gasteiger charge is 2.02. The van der Waals surface area contributed by atoms with Gasteiger partial charge in [0, 0.05) is 24.3 Å². The van der Waals surface area contributed by atoms with Crippen LogP contribution in [0.4, 0.5) is 0 Å². The Morgan fingerprint density at radius 3 is 2.74 bits per heavy atom. The third kappa shape index (κ3) is 11.0. The van der Waals surface area contributed by atoms with Crippen LogP contribution < -0.4 is 5.73 Å². The molecule has 0 saturated carbocycles. The third-order valence-corrected chi connectivity index (χ3v) is 2.35. The first-order valence-corrected chi connectivity index (χ1v) is 6.14. The van der Waals surface area contributed by atoms with Crippen LogP contribution >= 0.6 is 0 Å². The fourth-order valence-corrected chi connectivity index (χ4v) is 1.21. The lowest BCUT2D eigenvalue weighted by Gasteiger charge is -2.02. The summed E-state index contributed by atoms with van der Waals surface area (Å²) in [5, 5.41) is 3.35. The molecule has 0 aromatic heterocycles. The number of ketones is 2. The van der Waals surface area contributed by atoms with Crippen molar-refractivity contribution in [2.24, 2.45) is 10.8 Å². The molecule has 0 bridgehead atoms. The molecule has 1 atom stereocenters. The molecule has 19 heavy (non-hydrogen) atoms. The molecule has 7 nitrogen and oxygen atoms in total. The molecule has 0 heterocycles. The van der Waals surface area contributed by atoms with Gasteiger partial charge in [0.05, 0.1) is 18.9 Å². The Balaban J connectivity index is 3.50. The Morgan fingerprint density at radius 2 is 2.11 bits per heavy atom. The molecule has 0 aliphatic carbocycles. The fourth-order valence-electron chi connectivity index (χ4n) is 1.21. The summed E-state index contributed by atoms with van der Waals surface area (Å²) < 4.78 is 5.12. The van der Waals surface area contributed by atoms with E-state index >= 15 is 0 Å². The Kier molecular flexibility index (Phi) is 10.2. The maximum Gasteiger partial charge on any atom is 0.150 e. The van der Waals surface area contributed by atoms with Gasteiger partial charge in [0.25, 0.3) is 0 Å². The average Bonchev–Trinajstić information content (AvgIpc) is 2.38. The number of nitrogens with zero attached hydrogens (tertiary/aromatic N) is 3. The van der Waals surface area contributed by atoms with Gasteiger partial charge in [0.1, 0.15) is 11.6 Å². The number of Topliss-reactive ketones (excluding diaryl/α,β-unsaturated/α-hetero) is 2. The van der Waals surface area contributed by atoms with Crippen LogP contribution in [-0.4, -0.2) is 30.8 Å². The molecule has 0 radical (unpaired) electrons. The lowest BCUT2D eigenvalue weighted by molar-refractivity contribution is -0.119. The van der Waals surface area contributed by atoms with Crippen LogP contribution in [0, 0.1) is 0 Å². The van der Waals surface area contributed by atoms with Crippen molar-refractivity contribution < 1.29 is 14.3 Å². The molecule has 0 aliphatic rings. The largest absolute Gasteiger partial charge is 0.501 e. The second-order valence-corrected chi connectivity index (χ2v) is 4.04. The summed E-state index contributed by atoms with van der Waals surface area (Å²) in [5.41, 5.74) is 13.5. The minimum atomic E-state index is -0.637. The molecule has 7 heteroatoms. The number of azide groups is 1. The van der Waals surface area contributed by atoms with Gasteiger partial charge in [-0.05, 0) is 31.4 Å². The van der Waals surface area contributed by atoms with Crippen molar-refractivity contribution in [2.75, 3.05) is 13.2 Å². The number of hydrogen-bond donors (Lipinski definition) is 1. The molecule has 0 amide bonds. The Bertz CT molecular complexity index is 362. The molecular formula is C12H20N4O3. The van der Waals surface area contributed by atoms with E-state index in [1.807, 2.05) is 0 Å². The van der Waals surface area contributed by atoms with Crippen molar-refractivity contribution >= 4 is 11.6 Å². The van der Waals surface area contributed by atoms with Crippen LogP contribution in [0.2, 0.25) is 0 Å². The second-order valence-electron chi connectivity index (χ2n) is 4.04. The first-order chi connectivity index (χ1) is 9.07. The fraction of sp³-hybridized carbons (Fsp3) is 0.667. The molecule has 0 aliphatic heterocycles. The summed E-state index contributed by atoms with van der Waals surface area (Å²) in [6.45, 7) is 2.16. The maximum absolute atomic E-state index is 11.4. The molecule has 1 unspecified atom stereocenters. The predicted molar refractivity (Wildman–Crippen MR) is 71.2 cm³/mol. The molecule has 0 rings (SSSR count). The number of ether oxygens (including phenoxy) is 1. The Morgan fingerprint density at radius 1 is 1.42 bits per heavy atom. The van der Waals surface area contributed by atoms with Gasteiger partial charge in [-0.15, -0.1) is 0 Å². The number of carbonyl (C=O) groups excluding carboxylic acids is 2. The average molecular weight is 268 g/mol. The molecule has 0 saturated heterocycles. The van der Waals surface area contributed by atoms with E-state index in [9.17, 15) is 9.59 Å². The van der Waals surface area contributed by atoms with Gasteiger partial charge < -0.3 is 10.5 Å². The van der Waals surface area contributed by atoms with E-state index in [4.69, 9.17) is 16.0 Å². The van der Waals surface area contributed by atoms with Gasteiger partial charge in [-0.2, -0.15) is 0 Å². The van der Waals surface area contributed by atoms with Gasteiger partial charge in [-0.3, -0.25) is 9.59 Å². The van der Waals surface area contributed by atoms with Crippen LogP contribution in [0.3, 0.4) is 0 Å². The highest BCUT2D eigenvalue weighted by atomic mass is 16.5. The molecule has 106 valence electrons. The van der Waals surface area contributed by atoms with Gasteiger partial charge >= 0.3 is 0 Å². The monoisotopic (exact) mass is 268 g/mol. The zero-order chi connectivity index (χ0) is 14.5. The van der Waals surface area contributed by atoms with E-state index in [2.05, 4.69) is 10.0 Å². The predicted octanol–water partition coefficient (Wildman–Crippen LogP) is 1.87. The molecule has 0 aromatic carbocycles. The lowest BCUT2D eigenvalue weighted by Crippen LogP contribution is -2.25. The maximum atomic E-state index is 11.4. The zero-order valence-electron chi connectivity index (χ0n) is 11.1. The zero-order valence-corrected chi connectivity index (χ0v) is 11.1. The van der Waals surface area contributed by atoms with Gasteiger partial charge in [-0.25, -0.2) is 0 Å². The van der Waals surface area contributed by atoms with E-state index in [1.165, 1.54) is 19.3 Å². The normalized spacial score (nSPS) is 11.9. The summed E-state index contributed by atoms with van der Waals surface area (Å²) in [6.07, 6.45) is 4.91. The van der Waals surface area contributed by atoms with Crippen LogP contribution in [0.5, 0.6) is 0 Å². The Hall–Kier alpha value is -1.85. The summed E-state index contributed by atoms with van der Waals surface area (Å²) in [4.78, 5) is 24.8. The Labute approximate surface area is 112 Å². The van der Waals surface area contributed by atoms with Crippen LogP contribution in [0.15, 0.2) is 17.5 Å². The van der Waals surface area contributed by atoms with Crippen LogP contribution in [0.1, 0.15) is 32.6 Å². The summed E-state index contributed by atoms with van der Waals surface area (Å²) in [5.74, 6) is -0.00351. The van der Waals surface area contributed by atoms with E-state index in [-0.39, 0.29) is 11.6 Å². The highest BCUT2D eigenvalue weighted by molar-refractivity contribution is 5.83. The number of rotatable bonds is 11. The van der Waals surface area contributed by atoms with E-state index in [0.29, 0.717) is 38.8 Å². The van der Waals surface area contributed by atoms with Crippen molar-refractivity contribution in [3.05, 3.63) is 22.8 Å². The van der Waals surface area contributed by atoms with Crippen molar-refractivity contribution in [2.45, 2.75) is 38.6 Å². The van der Waals surface area contributed by atoms with Crippen molar-refractivity contribution in [3.63, 3.8) is 0 Å². The van der Waals surface area contributed by atoms with Crippen molar-refractivity contribution in [3.8, 4) is 0 Å². The standard InChI is InChI=1S/C12H20N4O3/c1-10(17)12(13)6-9-19-8-3-5-11(18)4-2-7-15-16-14/h6,9,12H,2-5,7-8,13H2,1H3/b9-6+. The van der Waals surface area contributed by atoms with Crippen LogP contribution in [0.25, 0.3) is 10.4 Å². The molecule has 0 spiro atoms. The minimum Gasteiger partial charge on any atom is -0.501 e. The van der Waals surface area contributed by atoms with Gasteiger partial charge in [0.15, 0.2) is 0 Å². The van der Waals surface area contributed by atoms with Gasteiger partial charge in [0.2, 0.25) is 0 Å². The first kappa shape index (κ1) is 17.2. The van der Waals surface area contributed by atoms with E-state index in [1.54, 1.807) is 0 Å². The molecule has 2 N–H and O–H groups in total. The van der Waals surface area contributed by atoms with Crippen LogP contribution in [-0.2, 0) is 14.3 Å². The third-order valence-electron chi connectivity index (χ3n) is 2.35. The van der Waals surface area contributed by atoms with E-state index in [0.717, 1.165) is 0 Å². The van der Waals surface area contributed by atoms with Gasteiger partial charge in [-0.1, -0.05) is 5.11 Å². The number of nitrogens with two attached hydrogens (primary N) is 1. The topological polar surface area (TPSA) is 118 Å². The second kappa shape index (κ2) is 11.3. The molecule has 0 aromatic rings. The van der Waals surface area contributed by atoms with Crippen molar-refractivity contribution in [1.29, 1.82) is 0 Å². The first-order valence-electron chi connectivity index (χ1n) is 6.14. The minimum absolute atomic E-state index is 0.126. The quantitative estimate of drug-likeness (QED) is 0.202. The smallest absolute Gasteiger partial charge is 0.150 e. The van der Waals surface area contributed by atoms with E-state index < -0.39 is 6.04 Å². The summed E-state index contributed by atoms with van der Waals surface area (Å²) in [7, 11) is 0. The highest BCUT2D eigenvalue weighted by Crippen LogP contribution is 2.00. The summed E-state index contributed by atoms with van der Waals surface area (Å²) >= 11 is 0. The molecular weight excluding hydrogens is 248 g/mol. The SMILES string of the molecule is CC(=O)C(N)/C=C/OCCCC(=O)CCCN=[N+]=[N-]. The molecule has 0 fully saturated rings.